The number of allylic oxidation sites excluding steroid dienone is 2. The highest BCUT2D eigenvalue weighted by molar-refractivity contribution is 6.00. The number of fused-ring (bicyclic) bond motifs is 6. The zero-order valence-corrected chi connectivity index (χ0v) is 39.2. The lowest BCUT2D eigenvalue weighted by Gasteiger charge is -2.38. The third-order valence-electron chi connectivity index (χ3n) is 15.1. The Morgan fingerprint density at radius 1 is 0.451 bits per heavy atom. The molecular formula is C67H46N4. The Hall–Kier alpha value is -9.12. The number of nitrogens with zero attached hydrogens (tertiary/aromatic N) is 4. The third kappa shape index (κ3) is 6.45. The van der Waals surface area contributed by atoms with E-state index in [-0.39, 0.29) is 11.8 Å². The maximum absolute atomic E-state index is 5.18. The molecule has 0 saturated carbocycles. The van der Waals surface area contributed by atoms with Gasteiger partial charge in [-0.3, -0.25) is 9.13 Å². The summed E-state index contributed by atoms with van der Waals surface area (Å²) in [7, 11) is 0. The second-order valence-electron chi connectivity index (χ2n) is 18.9. The molecule has 2 heterocycles. The van der Waals surface area contributed by atoms with Gasteiger partial charge in [0.15, 0.2) is 0 Å². The van der Waals surface area contributed by atoms with Crippen LogP contribution in [0.4, 0.5) is 0 Å². The number of hydrogen-bond acceptors (Lipinski definition) is 2. The summed E-state index contributed by atoms with van der Waals surface area (Å²) in [5, 5.41) is 0. The Morgan fingerprint density at radius 2 is 0.986 bits per heavy atom. The predicted octanol–water partition coefficient (Wildman–Crippen LogP) is 16.7. The van der Waals surface area contributed by atoms with Gasteiger partial charge in [0.05, 0.1) is 16.7 Å². The smallest absolute Gasteiger partial charge is 0.145 e. The summed E-state index contributed by atoms with van der Waals surface area (Å²) >= 11 is 0. The van der Waals surface area contributed by atoms with Crippen LogP contribution in [-0.2, 0) is 0 Å². The van der Waals surface area contributed by atoms with E-state index in [1.807, 2.05) is 6.08 Å². The summed E-state index contributed by atoms with van der Waals surface area (Å²) in [6, 6.07) is 77.4. The second kappa shape index (κ2) is 16.3. The Bertz CT molecular complexity index is 4000. The van der Waals surface area contributed by atoms with Crippen LogP contribution in [0, 0.1) is 12.8 Å². The number of rotatable bonds is 7. The van der Waals surface area contributed by atoms with Crippen molar-refractivity contribution in [2.75, 3.05) is 0 Å². The van der Waals surface area contributed by atoms with E-state index >= 15 is 0 Å². The number of benzene rings is 9. The third-order valence-corrected chi connectivity index (χ3v) is 15.1. The fourth-order valence-corrected chi connectivity index (χ4v) is 11.8. The van der Waals surface area contributed by atoms with Crippen molar-refractivity contribution >= 4 is 28.8 Å². The van der Waals surface area contributed by atoms with Crippen LogP contribution in [0.2, 0.25) is 0 Å². The first-order valence-electron chi connectivity index (χ1n) is 24.5. The summed E-state index contributed by atoms with van der Waals surface area (Å²) in [5.41, 5.74) is 26.0. The molecule has 2 atom stereocenters. The minimum absolute atomic E-state index is 0.0968. The summed E-state index contributed by atoms with van der Waals surface area (Å²) < 4.78 is 4.51. The van der Waals surface area contributed by atoms with E-state index in [0.29, 0.717) is 0 Å². The van der Waals surface area contributed by atoms with E-state index in [2.05, 4.69) is 253 Å². The van der Waals surface area contributed by atoms with Gasteiger partial charge < -0.3 is 0 Å². The van der Waals surface area contributed by atoms with Crippen LogP contribution in [0.3, 0.4) is 0 Å². The van der Waals surface area contributed by atoms with Gasteiger partial charge in [0, 0.05) is 40.0 Å². The molecular weight excluding hydrogens is 861 g/mol. The highest BCUT2D eigenvalue weighted by atomic mass is 15.1. The summed E-state index contributed by atoms with van der Waals surface area (Å²) in [6.07, 6.45) is 9.23. The van der Waals surface area contributed by atoms with Gasteiger partial charge in [-0.1, -0.05) is 189 Å². The lowest BCUT2D eigenvalue weighted by Crippen LogP contribution is -2.22. The Kier molecular flexibility index (Phi) is 9.37. The average molecular weight is 907 g/mol. The molecule has 4 nitrogen and oxygen atoms in total. The molecule has 71 heavy (non-hydrogen) atoms. The molecule has 0 radical (unpaired) electrons. The van der Waals surface area contributed by atoms with Gasteiger partial charge in [0.25, 0.3) is 0 Å². The van der Waals surface area contributed by atoms with Gasteiger partial charge in [-0.05, 0) is 139 Å². The monoisotopic (exact) mass is 906 g/mol. The first-order valence-corrected chi connectivity index (χ1v) is 24.5. The van der Waals surface area contributed by atoms with Crippen molar-refractivity contribution in [2.45, 2.75) is 12.8 Å². The van der Waals surface area contributed by atoms with E-state index < -0.39 is 0 Å². The minimum Gasteiger partial charge on any atom is -0.296 e. The summed E-state index contributed by atoms with van der Waals surface area (Å²) in [6.45, 7) is 6.20. The van der Waals surface area contributed by atoms with Crippen LogP contribution >= 0.6 is 0 Å². The van der Waals surface area contributed by atoms with E-state index in [1.165, 1.54) is 77.9 Å². The van der Waals surface area contributed by atoms with Gasteiger partial charge in [-0.15, -0.1) is 0 Å². The lowest BCUT2D eigenvalue weighted by molar-refractivity contribution is 0.671. The van der Waals surface area contributed by atoms with Crippen molar-refractivity contribution in [1.82, 2.24) is 19.1 Å². The van der Waals surface area contributed by atoms with Crippen molar-refractivity contribution in [3.8, 4) is 78.7 Å². The van der Waals surface area contributed by atoms with Gasteiger partial charge >= 0.3 is 0 Å². The molecule has 0 bridgehead atoms. The topological polar surface area (TPSA) is 35.6 Å². The van der Waals surface area contributed by atoms with Crippen LogP contribution in [0.25, 0.3) is 107 Å². The van der Waals surface area contributed by atoms with E-state index in [1.54, 1.807) is 0 Å². The van der Waals surface area contributed by atoms with Crippen LogP contribution in [0.5, 0.6) is 0 Å². The molecule has 14 rings (SSSR count). The number of para-hydroxylation sites is 4. The molecule has 0 saturated heterocycles. The fourth-order valence-electron chi connectivity index (χ4n) is 11.8. The molecule has 0 amide bonds. The zero-order chi connectivity index (χ0) is 47.2. The quantitative estimate of drug-likeness (QED) is 0.160. The van der Waals surface area contributed by atoms with Crippen LogP contribution in [0.15, 0.2) is 231 Å². The van der Waals surface area contributed by atoms with Crippen molar-refractivity contribution < 1.29 is 0 Å². The van der Waals surface area contributed by atoms with Crippen LogP contribution in [0.1, 0.15) is 45.1 Å². The van der Waals surface area contributed by atoms with Gasteiger partial charge in [-0.25, -0.2) is 9.97 Å². The molecule has 3 aliphatic rings. The number of hydrogen-bond donors (Lipinski definition) is 0. The SMILES string of the molecule is C=Cc1nc(-c2ccc(C3=CC4C=Cc5cc(-c6ccc(-c7nc8ccccc8n7-c7ccccc7)cc6)cc6c5C4c4c3cccc4-c3ccccc3-c3ccccc3-6)cc2)n(-c2ccccc2)c1C. The Morgan fingerprint density at radius 3 is 1.66 bits per heavy atom. The fraction of sp³-hybridized carbons (Fsp3) is 0.0448. The highest BCUT2D eigenvalue weighted by Crippen LogP contribution is 2.56. The maximum Gasteiger partial charge on any atom is 0.145 e. The van der Waals surface area contributed by atoms with Crippen molar-refractivity contribution in [3.05, 3.63) is 270 Å². The summed E-state index contributed by atoms with van der Waals surface area (Å²) in [4.78, 5) is 10.3. The Labute approximate surface area is 413 Å². The minimum atomic E-state index is 0.0968. The molecule has 0 spiro atoms. The predicted molar refractivity (Wildman–Crippen MR) is 294 cm³/mol. The van der Waals surface area contributed by atoms with E-state index in [4.69, 9.17) is 9.97 Å². The second-order valence-corrected chi connectivity index (χ2v) is 18.9. The van der Waals surface area contributed by atoms with Crippen molar-refractivity contribution in [1.29, 1.82) is 0 Å². The molecule has 4 heteroatoms. The highest BCUT2D eigenvalue weighted by Gasteiger charge is 2.38. The van der Waals surface area contributed by atoms with Crippen molar-refractivity contribution in [2.24, 2.45) is 5.92 Å². The van der Waals surface area contributed by atoms with E-state index in [9.17, 15) is 0 Å². The largest absolute Gasteiger partial charge is 0.296 e. The standard InChI is InChI=1S/C67H46N4/c1-3-60-42(2)70(50-17-6-4-7-18-50)66(68-60)45-35-31-44(32-36-45)58-40-48-38-37-47-39-49(43-29-33-46(34-30-43)67-69-61-27-14-15-28-62(61)71(67)51-19-8-5-9-20-51)41-59-55-24-13-11-22-53(55)52-21-10-12-23-54(52)56-25-16-26-57(58)65(56)64(48)63(47)59/h3-41,48,64H,1H2,2H3. The zero-order valence-electron chi connectivity index (χ0n) is 39.2. The number of aromatic nitrogens is 4. The number of imidazole rings is 2. The average Bonchev–Trinajstić information content (AvgIpc) is 4.01. The van der Waals surface area contributed by atoms with Crippen LogP contribution in [-0.4, -0.2) is 19.1 Å². The van der Waals surface area contributed by atoms with Gasteiger partial charge in [-0.2, -0.15) is 0 Å². The first-order chi connectivity index (χ1) is 35.1. The van der Waals surface area contributed by atoms with Crippen LogP contribution < -0.4 is 0 Å². The molecule has 3 aliphatic carbocycles. The summed E-state index contributed by atoms with van der Waals surface area (Å²) in [5.74, 6) is 2.06. The van der Waals surface area contributed by atoms with Gasteiger partial charge in [0.1, 0.15) is 11.6 Å². The maximum atomic E-state index is 5.18. The Balaban J connectivity index is 0.923. The molecule has 2 unspecified atom stereocenters. The normalized spacial score (nSPS) is 14.9. The molecule has 11 aromatic rings. The van der Waals surface area contributed by atoms with Gasteiger partial charge in [0.2, 0.25) is 0 Å². The molecule has 0 aliphatic heterocycles. The molecule has 9 aromatic carbocycles. The molecule has 0 N–H and O–H groups in total. The first kappa shape index (κ1) is 40.9. The van der Waals surface area contributed by atoms with E-state index in [0.717, 1.165) is 56.6 Å². The lowest BCUT2D eigenvalue weighted by atomic mass is 9.65. The molecule has 334 valence electrons. The molecule has 0 fully saturated rings. The molecule has 2 aromatic heterocycles. The van der Waals surface area contributed by atoms with Crippen molar-refractivity contribution in [3.63, 3.8) is 0 Å².